The molecule has 4 aliphatic rings. The normalized spacial score (nSPS) is 16.3. The van der Waals surface area contributed by atoms with Gasteiger partial charge in [-0.25, -0.2) is 0 Å². The molecule has 3 aliphatic heterocycles. The molecule has 0 amide bonds. The molecule has 0 saturated carbocycles. The summed E-state index contributed by atoms with van der Waals surface area (Å²) in [5.41, 5.74) is 24.0. The molecule has 0 N–H and O–H groups in total. The summed E-state index contributed by atoms with van der Waals surface area (Å²) in [4.78, 5) is 5.37. The molecule has 3 heterocycles. The highest BCUT2D eigenvalue weighted by Crippen LogP contribution is 2.60. The molecule has 0 saturated heterocycles. The number of para-hydroxylation sites is 2. The number of hydrogen-bond acceptors (Lipinski definition) is 2. The van der Waals surface area contributed by atoms with Gasteiger partial charge >= 0.3 is 6.85 Å². The highest BCUT2D eigenvalue weighted by molar-refractivity contribution is 6.93. The molecule has 0 fully saturated rings. The average molecular weight is 847 g/mol. The summed E-state index contributed by atoms with van der Waals surface area (Å²) < 4.78 is 0. The van der Waals surface area contributed by atoms with Crippen LogP contribution in [-0.2, 0) is 16.2 Å². The molecule has 1 aliphatic carbocycles. The molecule has 66 heavy (non-hydrogen) atoms. The van der Waals surface area contributed by atoms with Gasteiger partial charge in [-0.05, 0) is 138 Å². The van der Waals surface area contributed by atoms with Crippen LogP contribution < -0.4 is 20.6 Å². The fourth-order valence-corrected chi connectivity index (χ4v) is 12.4. The van der Waals surface area contributed by atoms with Crippen molar-refractivity contribution in [2.45, 2.75) is 56.8 Å². The van der Waals surface area contributed by atoms with Crippen molar-refractivity contribution < 1.29 is 0 Å². The molecule has 0 atom stereocenters. The van der Waals surface area contributed by atoms with Crippen LogP contribution in [0, 0.1) is 0 Å². The van der Waals surface area contributed by atoms with E-state index in [4.69, 9.17) is 0 Å². The predicted molar refractivity (Wildman–Crippen MR) is 278 cm³/mol. The van der Waals surface area contributed by atoms with Crippen LogP contribution in [0.1, 0.15) is 73.9 Å². The standard InChI is InChI=1S/C63H51BN2/c1-61(2)36-37-62(3,4)54-41-57-49(40-53(54)61)50-38-45(43-22-11-6-12-23-43)39-58-59(50)64(66(57)48-34-32-44(33-35-48)42-20-9-5-10-21-42)55-30-19-29-52-60(55)65(58)56-31-18-17-28-51(56)63(52,46-24-13-7-14-25-46)47-26-15-8-16-27-47/h5-35,38-41H,36-37H2,1-4H3. The SMILES string of the molecule is CC1(C)CCC(C)(C)c2cc3c(cc21)-c1cc(-c2ccccc2)cc2c1B(c1cccc4c1N2c1ccccc1C4(c1ccccc1)c1ccccc1)N3c1ccc(-c2ccccc2)cc1. The molecule has 9 aromatic carbocycles. The molecule has 3 heteroatoms. The molecule has 0 spiro atoms. The van der Waals surface area contributed by atoms with Crippen LogP contribution in [0.4, 0.5) is 28.4 Å². The van der Waals surface area contributed by atoms with E-state index in [0.717, 1.165) is 12.8 Å². The topological polar surface area (TPSA) is 6.48 Å². The minimum absolute atomic E-state index is 0.0317. The highest BCUT2D eigenvalue weighted by atomic mass is 15.2. The molecular formula is C63H51BN2. The summed E-state index contributed by atoms with van der Waals surface area (Å²) in [7, 11) is 0. The first-order valence-electron chi connectivity index (χ1n) is 23.8. The zero-order chi connectivity index (χ0) is 44.4. The van der Waals surface area contributed by atoms with Crippen LogP contribution >= 0.6 is 0 Å². The smallest absolute Gasteiger partial charge is 0.333 e. The van der Waals surface area contributed by atoms with E-state index < -0.39 is 5.41 Å². The van der Waals surface area contributed by atoms with E-state index in [2.05, 4.69) is 250 Å². The number of fused-ring (bicyclic) bond motifs is 7. The van der Waals surface area contributed by atoms with Crippen molar-refractivity contribution >= 4 is 46.2 Å². The minimum atomic E-state index is -0.582. The first-order chi connectivity index (χ1) is 32.2. The molecule has 316 valence electrons. The van der Waals surface area contributed by atoms with E-state index in [1.54, 1.807) is 0 Å². The van der Waals surface area contributed by atoms with E-state index in [1.165, 1.54) is 106 Å². The second-order valence-corrected chi connectivity index (χ2v) is 20.3. The summed E-state index contributed by atoms with van der Waals surface area (Å²) in [5, 5.41) is 0. The van der Waals surface area contributed by atoms with Crippen LogP contribution in [0.15, 0.2) is 212 Å². The maximum absolute atomic E-state index is 2.72. The third-order valence-electron chi connectivity index (χ3n) is 15.8. The van der Waals surface area contributed by atoms with Crippen molar-refractivity contribution in [3.05, 3.63) is 246 Å². The van der Waals surface area contributed by atoms with Gasteiger partial charge in [-0.1, -0.05) is 198 Å². The lowest BCUT2D eigenvalue weighted by atomic mass is 9.42. The lowest BCUT2D eigenvalue weighted by Crippen LogP contribution is -2.63. The molecule has 0 radical (unpaired) electrons. The van der Waals surface area contributed by atoms with Crippen LogP contribution in [0.5, 0.6) is 0 Å². The van der Waals surface area contributed by atoms with Gasteiger partial charge in [0.15, 0.2) is 0 Å². The maximum Gasteiger partial charge on any atom is 0.333 e. The first kappa shape index (κ1) is 39.0. The molecule has 9 aromatic rings. The zero-order valence-corrected chi connectivity index (χ0v) is 38.1. The molecular weight excluding hydrogens is 796 g/mol. The summed E-state index contributed by atoms with van der Waals surface area (Å²) in [5.74, 6) is 0. The largest absolute Gasteiger partial charge is 0.376 e. The van der Waals surface area contributed by atoms with Gasteiger partial charge in [0, 0.05) is 28.3 Å². The van der Waals surface area contributed by atoms with E-state index in [1.807, 2.05) is 0 Å². The molecule has 2 nitrogen and oxygen atoms in total. The Balaban J connectivity index is 1.18. The van der Waals surface area contributed by atoms with Gasteiger partial charge in [-0.3, -0.25) is 0 Å². The van der Waals surface area contributed by atoms with Crippen LogP contribution in [0.2, 0.25) is 0 Å². The summed E-state index contributed by atoms with van der Waals surface area (Å²) in [6.45, 7) is 9.73. The fourth-order valence-electron chi connectivity index (χ4n) is 12.4. The second kappa shape index (κ2) is 14.3. The van der Waals surface area contributed by atoms with Crippen molar-refractivity contribution in [2.24, 2.45) is 0 Å². The quantitative estimate of drug-likeness (QED) is 0.159. The Labute approximate surface area is 390 Å². The van der Waals surface area contributed by atoms with Gasteiger partial charge in [0.05, 0.1) is 11.1 Å². The zero-order valence-electron chi connectivity index (χ0n) is 38.1. The Morgan fingerprint density at radius 3 is 1.56 bits per heavy atom. The molecule has 0 unspecified atom stereocenters. The Hall–Kier alpha value is -7.36. The van der Waals surface area contributed by atoms with E-state index >= 15 is 0 Å². The van der Waals surface area contributed by atoms with Crippen LogP contribution in [0.25, 0.3) is 33.4 Å². The number of rotatable bonds is 5. The molecule has 0 bridgehead atoms. The lowest BCUT2D eigenvalue weighted by Gasteiger charge is -2.52. The van der Waals surface area contributed by atoms with Gasteiger partial charge < -0.3 is 9.71 Å². The average Bonchev–Trinajstić information content (AvgIpc) is 3.37. The van der Waals surface area contributed by atoms with Crippen molar-refractivity contribution in [3.63, 3.8) is 0 Å². The van der Waals surface area contributed by atoms with E-state index in [-0.39, 0.29) is 17.7 Å². The Bertz CT molecular complexity index is 3320. The lowest BCUT2D eigenvalue weighted by molar-refractivity contribution is 0.332. The van der Waals surface area contributed by atoms with Gasteiger partial charge in [0.25, 0.3) is 0 Å². The minimum Gasteiger partial charge on any atom is -0.376 e. The summed E-state index contributed by atoms with van der Waals surface area (Å²) in [6, 6.07) is 80.4. The maximum atomic E-state index is 2.72. The van der Waals surface area contributed by atoms with Crippen molar-refractivity contribution in [2.75, 3.05) is 9.71 Å². The number of benzene rings is 9. The number of hydrogen-bond donors (Lipinski definition) is 0. The fraction of sp³-hybridized carbons (Fsp3) is 0.143. The van der Waals surface area contributed by atoms with Gasteiger partial charge in [0.1, 0.15) is 0 Å². The predicted octanol–water partition coefficient (Wildman–Crippen LogP) is 14.8. The van der Waals surface area contributed by atoms with Gasteiger partial charge in [0.2, 0.25) is 0 Å². The Morgan fingerprint density at radius 2 is 0.924 bits per heavy atom. The number of nitrogens with zero attached hydrogens (tertiary/aromatic N) is 2. The van der Waals surface area contributed by atoms with Crippen LogP contribution in [-0.4, -0.2) is 6.85 Å². The first-order valence-corrected chi connectivity index (χ1v) is 23.8. The number of anilines is 5. The van der Waals surface area contributed by atoms with Gasteiger partial charge in [-0.2, -0.15) is 0 Å². The third kappa shape index (κ3) is 5.50. The van der Waals surface area contributed by atoms with Crippen molar-refractivity contribution in [3.8, 4) is 33.4 Å². The van der Waals surface area contributed by atoms with E-state index in [0.29, 0.717) is 0 Å². The third-order valence-corrected chi connectivity index (χ3v) is 15.8. The summed E-state index contributed by atoms with van der Waals surface area (Å²) >= 11 is 0. The Kier molecular flexibility index (Phi) is 8.47. The highest BCUT2D eigenvalue weighted by Gasteiger charge is 2.53. The molecule has 13 rings (SSSR count). The summed E-state index contributed by atoms with van der Waals surface area (Å²) in [6.07, 6.45) is 2.31. The van der Waals surface area contributed by atoms with Crippen molar-refractivity contribution in [1.82, 2.24) is 0 Å². The van der Waals surface area contributed by atoms with Gasteiger partial charge in [-0.15, -0.1) is 0 Å². The molecule has 0 aromatic heterocycles. The Morgan fingerprint density at radius 1 is 0.394 bits per heavy atom. The van der Waals surface area contributed by atoms with Crippen LogP contribution in [0.3, 0.4) is 0 Å². The second-order valence-electron chi connectivity index (χ2n) is 20.3. The van der Waals surface area contributed by atoms with Crippen molar-refractivity contribution in [1.29, 1.82) is 0 Å². The van der Waals surface area contributed by atoms with E-state index in [9.17, 15) is 0 Å². The monoisotopic (exact) mass is 846 g/mol.